The highest BCUT2D eigenvalue weighted by atomic mass is 16.5. The molecule has 2 atom stereocenters. The van der Waals surface area contributed by atoms with Gasteiger partial charge in [0.1, 0.15) is 5.75 Å². The van der Waals surface area contributed by atoms with E-state index in [4.69, 9.17) is 4.74 Å². The molecule has 1 aromatic carbocycles. The summed E-state index contributed by atoms with van der Waals surface area (Å²) in [5.74, 6) is 0.835. The van der Waals surface area contributed by atoms with Crippen molar-refractivity contribution in [3.63, 3.8) is 0 Å². The number of para-hydroxylation sites is 1. The molecular formula is C16H22N2O2. The number of hydrogen-bond donors (Lipinski definition) is 1. The van der Waals surface area contributed by atoms with Crippen molar-refractivity contribution >= 4 is 5.91 Å². The lowest BCUT2D eigenvalue weighted by atomic mass is 10.1. The maximum absolute atomic E-state index is 12.9. The van der Waals surface area contributed by atoms with Gasteiger partial charge in [0, 0.05) is 18.6 Å². The summed E-state index contributed by atoms with van der Waals surface area (Å²) in [7, 11) is 0. The molecule has 3 rings (SSSR count). The van der Waals surface area contributed by atoms with Crippen LogP contribution in [0, 0.1) is 0 Å². The molecule has 1 amide bonds. The van der Waals surface area contributed by atoms with E-state index in [2.05, 4.69) is 10.2 Å². The van der Waals surface area contributed by atoms with Crippen LogP contribution in [0.3, 0.4) is 0 Å². The minimum Gasteiger partial charge on any atom is -0.493 e. The molecule has 2 bridgehead atoms. The standard InChI is InChI=1S/C16H22N2O2/c1-2-20-15-6-4-3-5-14(15)16(19)18-12-7-8-13(18)11-17-10-9-12/h3-6,12-13,17H,2,7-11H2,1H3. The van der Waals surface area contributed by atoms with Crippen LogP contribution in [0.15, 0.2) is 24.3 Å². The van der Waals surface area contributed by atoms with E-state index in [1.54, 1.807) is 0 Å². The Kier molecular flexibility index (Phi) is 3.92. The number of rotatable bonds is 3. The molecule has 4 heteroatoms. The van der Waals surface area contributed by atoms with Gasteiger partial charge in [-0.3, -0.25) is 4.79 Å². The van der Waals surface area contributed by atoms with Crippen molar-refractivity contribution in [1.29, 1.82) is 0 Å². The summed E-state index contributed by atoms with van der Waals surface area (Å²) >= 11 is 0. The smallest absolute Gasteiger partial charge is 0.258 e. The van der Waals surface area contributed by atoms with Crippen molar-refractivity contribution in [2.24, 2.45) is 0 Å². The quantitative estimate of drug-likeness (QED) is 0.917. The summed E-state index contributed by atoms with van der Waals surface area (Å²) in [4.78, 5) is 15.0. The normalized spacial score (nSPS) is 25.4. The molecule has 2 aliphatic heterocycles. The number of nitrogens with one attached hydrogen (secondary N) is 1. The highest BCUT2D eigenvalue weighted by Crippen LogP contribution is 2.31. The average molecular weight is 274 g/mol. The van der Waals surface area contributed by atoms with Gasteiger partial charge < -0.3 is 15.0 Å². The Morgan fingerprint density at radius 3 is 2.95 bits per heavy atom. The van der Waals surface area contributed by atoms with Gasteiger partial charge in [-0.25, -0.2) is 0 Å². The van der Waals surface area contributed by atoms with E-state index >= 15 is 0 Å². The first-order chi connectivity index (χ1) is 9.81. The third-order valence-electron chi connectivity index (χ3n) is 4.31. The minimum absolute atomic E-state index is 0.130. The Morgan fingerprint density at radius 1 is 1.30 bits per heavy atom. The van der Waals surface area contributed by atoms with Crippen LogP contribution in [-0.2, 0) is 0 Å². The minimum atomic E-state index is 0.130. The van der Waals surface area contributed by atoms with E-state index in [9.17, 15) is 4.79 Å². The van der Waals surface area contributed by atoms with Gasteiger partial charge in [-0.05, 0) is 44.9 Å². The van der Waals surface area contributed by atoms with Crippen LogP contribution in [0.2, 0.25) is 0 Å². The van der Waals surface area contributed by atoms with Gasteiger partial charge in [0.25, 0.3) is 5.91 Å². The molecule has 0 spiro atoms. The van der Waals surface area contributed by atoms with Crippen molar-refractivity contribution in [1.82, 2.24) is 10.2 Å². The summed E-state index contributed by atoms with van der Waals surface area (Å²) in [6.45, 7) is 4.45. The highest BCUT2D eigenvalue weighted by molar-refractivity contribution is 5.97. The van der Waals surface area contributed by atoms with Crippen LogP contribution >= 0.6 is 0 Å². The van der Waals surface area contributed by atoms with Gasteiger partial charge in [0.2, 0.25) is 0 Å². The lowest BCUT2D eigenvalue weighted by molar-refractivity contribution is 0.0676. The molecule has 1 N–H and O–H groups in total. The molecule has 2 heterocycles. The van der Waals surface area contributed by atoms with Gasteiger partial charge in [-0.1, -0.05) is 12.1 Å². The number of carbonyl (C=O) groups is 1. The SMILES string of the molecule is CCOc1ccccc1C(=O)N1C2CCNCC1CC2. The van der Waals surface area contributed by atoms with Crippen LogP contribution < -0.4 is 10.1 Å². The van der Waals surface area contributed by atoms with Crippen LogP contribution in [-0.4, -0.2) is 42.6 Å². The lowest BCUT2D eigenvalue weighted by Gasteiger charge is -2.28. The van der Waals surface area contributed by atoms with Gasteiger partial charge >= 0.3 is 0 Å². The third-order valence-corrected chi connectivity index (χ3v) is 4.31. The van der Waals surface area contributed by atoms with E-state index in [0.717, 1.165) is 32.4 Å². The summed E-state index contributed by atoms with van der Waals surface area (Å²) in [6.07, 6.45) is 3.30. The summed E-state index contributed by atoms with van der Waals surface area (Å²) in [5, 5.41) is 3.43. The fourth-order valence-electron chi connectivity index (χ4n) is 3.38. The Balaban J connectivity index is 1.88. The third kappa shape index (κ3) is 2.40. The topological polar surface area (TPSA) is 41.6 Å². The molecule has 108 valence electrons. The first kappa shape index (κ1) is 13.4. The van der Waals surface area contributed by atoms with Crippen molar-refractivity contribution in [2.45, 2.75) is 38.3 Å². The van der Waals surface area contributed by atoms with Gasteiger partial charge in [0.15, 0.2) is 0 Å². The predicted octanol–water partition coefficient (Wildman–Crippen LogP) is 2.05. The zero-order chi connectivity index (χ0) is 13.9. The Morgan fingerprint density at radius 2 is 2.10 bits per heavy atom. The Labute approximate surface area is 120 Å². The largest absolute Gasteiger partial charge is 0.493 e. The van der Waals surface area contributed by atoms with Crippen LogP contribution in [0.4, 0.5) is 0 Å². The second kappa shape index (κ2) is 5.83. The summed E-state index contributed by atoms with van der Waals surface area (Å²) < 4.78 is 5.61. The second-order valence-electron chi connectivity index (χ2n) is 5.52. The van der Waals surface area contributed by atoms with Crippen molar-refractivity contribution < 1.29 is 9.53 Å². The molecular weight excluding hydrogens is 252 g/mol. The van der Waals surface area contributed by atoms with Crippen LogP contribution in [0.1, 0.15) is 36.5 Å². The van der Waals surface area contributed by atoms with Crippen LogP contribution in [0.5, 0.6) is 5.75 Å². The van der Waals surface area contributed by atoms with Crippen molar-refractivity contribution in [3.8, 4) is 5.75 Å². The van der Waals surface area contributed by atoms with E-state index in [1.165, 1.54) is 0 Å². The molecule has 1 aromatic rings. The first-order valence-corrected chi connectivity index (χ1v) is 7.56. The molecule has 4 nitrogen and oxygen atoms in total. The van der Waals surface area contributed by atoms with E-state index in [1.807, 2.05) is 31.2 Å². The lowest BCUT2D eigenvalue weighted by Crippen LogP contribution is -2.42. The zero-order valence-corrected chi connectivity index (χ0v) is 12.0. The molecule has 2 saturated heterocycles. The number of ether oxygens (including phenoxy) is 1. The maximum Gasteiger partial charge on any atom is 0.258 e. The van der Waals surface area contributed by atoms with E-state index < -0.39 is 0 Å². The number of nitrogens with zero attached hydrogens (tertiary/aromatic N) is 1. The van der Waals surface area contributed by atoms with E-state index in [0.29, 0.717) is 30.0 Å². The summed E-state index contributed by atoms with van der Waals surface area (Å²) in [5.41, 5.74) is 0.702. The number of carbonyl (C=O) groups excluding carboxylic acids is 1. The number of hydrogen-bond acceptors (Lipinski definition) is 3. The number of fused-ring (bicyclic) bond motifs is 2. The van der Waals surface area contributed by atoms with Crippen molar-refractivity contribution in [2.75, 3.05) is 19.7 Å². The van der Waals surface area contributed by atoms with Crippen molar-refractivity contribution in [3.05, 3.63) is 29.8 Å². The van der Waals surface area contributed by atoms with Gasteiger partial charge in [-0.15, -0.1) is 0 Å². The van der Waals surface area contributed by atoms with Gasteiger partial charge in [0.05, 0.1) is 12.2 Å². The highest BCUT2D eigenvalue weighted by Gasteiger charge is 2.38. The maximum atomic E-state index is 12.9. The molecule has 2 unspecified atom stereocenters. The summed E-state index contributed by atoms with van der Waals surface area (Å²) in [6, 6.07) is 8.32. The molecule has 0 aromatic heterocycles. The molecule has 2 aliphatic rings. The van der Waals surface area contributed by atoms with Crippen LogP contribution in [0.25, 0.3) is 0 Å². The number of amides is 1. The zero-order valence-electron chi connectivity index (χ0n) is 12.0. The molecule has 2 fully saturated rings. The Hall–Kier alpha value is -1.55. The van der Waals surface area contributed by atoms with E-state index in [-0.39, 0.29) is 5.91 Å². The fourth-order valence-corrected chi connectivity index (χ4v) is 3.38. The molecule has 0 aliphatic carbocycles. The first-order valence-electron chi connectivity index (χ1n) is 7.56. The molecule has 0 saturated carbocycles. The molecule has 20 heavy (non-hydrogen) atoms. The fraction of sp³-hybridized carbons (Fsp3) is 0.562. The predicted molar refractivity (Wildman–Crippen MR) is 78.1 cm³/mol. The Bertz CT molecular complexity index is 475. The monoisotopic (exact) mass is 274 g/mol. The second-order valence-corrected chi connectivity index (χ2v) is 5.52. The number of benzene rings is 1. The van der Waals surface area contributed by atoms with Gasteiger partial charge in [-0.2, -0.15) is 0 Å². The average Bonchev–Trinajstić information content (AvgIpc) is 2.72. The molecule has 0 radical (unpaired) electrons.